The quantitative estimate of drug-likeness (QED) is 0.446. The summed E-state index contributed by atoms with van der Waals surface area (Å²) in [7, 11) is 0. The first-order valence-corrected chi connectivity index (χ1v) is 8.92. The van der Waals surface area contributed by atoms with Gasteiger partial charge in [-0.25, -0.2) is 17.6 Å². The van der Waals surface area contributed by atoms with Crippen LogP contribution in [0.15, 0.2) is 30.3 Å². The fraction of sp³-hybridized carbons (Fsp3) is 0.364. The number of benzene rings is 2. The Bertz CT molecular complexity index is 829. The third kappa shape index (κ3) is 4.09. The van der Waals surface area contributed by atoms with Gasteiger partial charge in [-0.3, -0.25) is 0 Å². The predicted molar refractivity (Wildman–Crippen MR) is 93.7 cm³/mol. The molecule has 0 nitrogen and oxygen atoms in total. The van der Waals surface area contributed by atoms with Crippen LogP contribution >= 0.6 is 0 Å². The molecule has 1 fully saturated rings. The summed E-state index contributed by atoms with van der Waals surface area (Å²) in [5, 5.41) is 0. The predicted octanol–water partition coefficient (Wildman–Crippen LogP) is 6.13. The van der Waals surface area contributed by atoms with Gasteiger partial charge >= 0.3 is 0 Å². The summed E-state index contributed by atoms with van der Waals surface area (Å²) in [6.45, 7) is 1.84. The maximum Gasteiger partial charge on any atom is 0.159 e. The van der Waals surface area contributed by atoms with Crippen LogP contribution in [0.4, 0.5) is 17.6 Å². The maximum atomic E-state index is 14.0. The fourth-order valence-electron chi connectivity index (χ4n) is 3.46. The molecular formula is C22H20F4. The average Bonchev–Trinajstić information content (AvgIpc) is 2.63. The standard InChI is InChI=1S/C22H20F4/c1-2-14-11-20(24)18(21(25)12-14)9-5-15-3-6-16(7-4-15)17-8-10-19(23)22(26)13-17/h8,10-13,15-16H,2-4,6-7H2,1H3/t15-,16-. The van der Waals surface area contributed by atoms with Crippen molar-refractivity contribution in [2.24, 2.45) is 5.92 Å². The zero-order valence-corrected chi connectivity index (χ0v) is 14.6. The average molecular weight is 360 g/mol. The van der Waals surface area contributed by atoms with Crippen LogP contribution in [-0.4, -0.2) is 0 Å². The number of hydrogen-bond acceptors (Lipinski definition) is 0. The summed E-state index contributed by atoms with van der Waals surface area (Å²) >= 11 is 0. The molecule has 0 amide bonds. The maximum absolute atomic E-state index is 14.0. The highest BCUT2D eigenvalue weighted by Gasteiger charge is 2.22. The minimum Gasteiger partial charge on any atom is -0.206 e. The lowest BCUT2D eigenvalue weighted by atomic mass is 9.79. The molecular weight excluding hydrogens is 340 g/mol. The molecule has 0 unspecified atom stereocenters. The zero-order valence-electron chi connectivity index (χ0n) is 14.6. The van der Waals surface area contributed by atoms with Crippen LogP contribution < -0.4 is 0 Å². The van der Waals surface area contributed by atoms with Crippen molar-refractivity contribution in [1.29, 1.82) is 0 Å². The van der Waals surface area contributed by atoms with Gasteiger partial charge in [-0.15, -0.1) is 0 Å². The summed E-state index contributed by atoms with van der Waals surface area (Å²) in [4.78, 5) is 0. The van der Waals surface area contributed by atoms with Gasteiger partial charge in [0.2, 0.25) is 0 Å². The van der Waals surface area contributed by atoms with E-state index in [1.165, 1.54) is 18.2 Å². The van der Waals surface area contributed by atoms with E-state index in [9.17, 15) is 17.6 Å². The second-order valence-electron chi connectivity index (χ2n) is 6.78. The second-order valence-corrected chi connectivity index (χ2v) is 6.78. The van der Waals surface area contributed by atoms with E-state index in [0.717, 1.165) is 37.3 Å². The van der Waals surface area contributed by atoms with Gasteiger partial charge in [-0.05, 0) is 73.4 Å². The Morgan fingerprint density at radius 3 is 2.08 bits per heavy atom. The molecule has 1 aliphatic carbocycles. The Labute approximate surface area is 151 Å². The number of halogens is 4. The van der Waals surface area contributed by atoms with Gasteiger partial charge in [-0.2, -0.15) is 0 Å². The molecule has 26 heavy (non-hydrogen) atoms. The molecule has 4 heteroatoms. The smallest absolute Gasteiger partial charge is 0.159 e. The topological polar surface area (TPSA) is 0 Å². The van der Waals surface area contributed by atoms with Crippen molar-refractivity contribution in [2.45, 2.75) is 44.9 Å². The van der Waals surface area contributed by atoms with Crippen molar-refractivity contribution < 1.29 is 17.6 Å². The lowest BCUT2D eigenvalue weighted by molar-refractivity contribution is 0.383. The molecule has 1 aliphatic rings. The summed E-state index contributed by atoms with van der Waals surface area (Å²) in [5.41, 5.74) is 1.23. The van der Waals surface area contributed by atoms with Crippen molar-refractivity contribution >= 4 is 0 Å². The van der Waals surface area contributed by atoms with Crippen molar-refractivity contribution in [3.8, 4) is 11.8 Å². The number of aryl methyl sites for hydroxylation is 1. The van der Waals surface area contributed by atoms with Gasteiger partial charge in [-0.1, -0.05) is 24.8 Å². The van der Waals surface area contributed by atoms with Gasteiger partial charge in [0, 0.05) is 5.92 Å². The highest BCUT2D eigenvalue weighted by Crippen LogP contribution is 2.36. The van der Waals surface area contributed by atoms with Crippen LogP contribution in [0.3, 0.4) is 0 Å². The van der Waals surface area contributed by atoms with Crippen LogP contribution in [0.5, 0.6) is 0 Å². The normalized spacial score (nSPS) is 19.7. The minimum atomic E-state index is -0.841. The summed E-state index contributed by atoms with van der Waals surface area (Å²) in [5.74, 6) is 2.96. The van der Waals surface area contributed by atoms with E-state index in [1.807, 2.05) is 6.92 Å². The van der Waals surface area contributed by atoms with Crippen LogP contribution in [0.1, 0.15) is 55.2 Å². The highest BCUT2D eigenvalue weighted by atomic mass is 19.2. The molecule has 0 aliphatic heterocycles. The van der Waals surface area contributed by atoms with Gasteiger partial charge < -0.3 is 0 Å². The Kier molecular flexibility index (Phi) is 5.66. The third-order valence-corrected chi connectivity index (χ3v) is 5.05. The molecule has 2 aromatic rings. The van der Waals surface area contributed by atoms with Crippen molar-refractivity contribution in [3.63, 3.8) is 0 Å². The lowest BCUT2D eigenvalue weighted by Crippen LogP contribution is -2.12. The molecule has 0 bridgehead atoms. The van der Waals surface area contributed by atoms with Gasteiger partial charge in [0.1, 0.15) is 11.6 Å². The van der Waals surface area contributed by atoms with Crippen LogP contribution in [0.25, 0.3) is 0 Å². The molecule has 0 spiro atoms. The molecule has 0 N–H and O–H groups in total. The fourth-order valence-corrected chi connectivity index (χ4v) is 3.46. The molecule has 0 saturated heterocycles. The SMILES string of the molecule is CCc1cc(F)c(C#C[C@H]2CC[C@H](c3ccc(F)c(F)c3)CC2)c(F)c1. The van der Waals surface area contributed by atoms with E-state index in [4.69, 9.17) is 0 Å². The van der Waals surface area contributed by atoms with Crippen LogP contribution in [0, 0.1) is 41.0 Å². The molecule has 1 saturated carbocycles. The Hall–Kier alpha value is -2.28. The molecule has 2 aromatic carbocycles. The van der Waals surface area contributed by atoms with Gasteiger partial charge in [0.25, 0.3) is 0 Å². The highest BCUT2D eigenvalue weighted by molar-refractivity contribution is 5.39. The second kappa shape index (κ2) is 7.95. The van der Waals surface area contributed by atoms with Gasteiger partial charge in [0.05, 0.1) is 5.56 Å². The number of hydrogen-bond donors (Lipinski definition) is 0. The monoisotopic (exact) mass is 360 g/mol. The Balaban J connectivity index is 1.67. The van der Waals surface area contributed by atoms with E-state index in [-0.39, 0.29) is 17.4 Å². The van der Waals surface area contributed by atoms with E-state index >= 15 is 0 Å². The molecule has 0 heterocycles. The molecule has 0 atom stereocenters. The van der Waals surface area contributed by atoms with Crippen molar-refractivity contribution in [3.05, 3.63) is 70.3 Å². The van der Waals surface area contributed by atoms with Crippen molar-refractivity contribution in [1.82, 2.24) is 0 Å². The van der Waals surface area contributed by atoms with Crippen molar-refractivity contribution in [2.75, 3.05) is 0 Å². The first kappa shape index (κ1) is 18.5. The molecule has 0 radical (unpaired) electrons. The Morgan fingerprint density at radius 1 is 0.846 bits per heavy atom. The van der Waals surface area contributed by atoms with E-state index in [1.54, 1.807) is 6.07 Å². The summed E-state index contributed by atoms with van der Waals surface area (Å²) < 4.78 is 54.4. The van der Waals surface area contributed by atoms with Crippen LogP contribution in [-0.2, 0) is 6.42 Å². The first-order valence-electron chi connectivity index (χ1n) is 8.92. The summed E-state index contributed by atoms with van der Waals surface area (Å²) in [6.07, 6.45) is 3.70. The summed E-state index contributed by atoms with van der Waals surface area (Å²) in [6, 6.07) is 6.68. The van der Waals surface area contributed by atoms with E-state index < -0.39 is 23.3 Å². The van der Waals surface area contributed by atoms with Crippen LogP contribution in [0.2, 0.25) is 0 Å². The minimum absolute atomic E-state index is 0.0567. The molecule has 3 rings (SSSR count). The molecule has 136 valence electrons. The largest absolute Gasteiger partial charge is 0.206 e. The Morgan fingerprint density at radius 2 is 1.50 bits per heavy atom. The van der Waals surface area contributed by atoms with E-state index in [2.05, 4.69) is 11.8 Å². The van der Waals surface area contributed by atoms with Gasteiger partial charge in [0.15, 0.2) is 11.6 Å². The lowest BCUT2D eigenvalue weighted by Gasteiger charge is -2.26. The van der Waals surface area contributed by atoms with E-state index in [0.29, 0.717) is 12.0 Å². The number of rotatable bonds is 2. The third-order valence-electron chi connectivity index (χ3n) is 5.05. The molecule has 0 aromatic heterocycles. The zero-order chi connectivity index (χ0) is 18.7. The first-order chi connectivity index (χ1) is 12.5.